The lowest BCUT2D eigenvalue weighted by Gasteiger charge is -2.53. The molecule has 37 heavy (non-hydrogen) atoms. The molecule has 0 aromatic heterocycles. The minimum absolute atomic E-state index is 0.181. The Labute approximate surface area is 235 Å². The molecule has 206 valence electrons. The first kappa shape index (κ1) is 31.1. The summed E-state index contributed by atoms with van der Waals surface area (Å²) in [5, 5.41) is 3.78. The van der Waals surface area contributed by atoms with Crippen LogP contribution in [0.15, 0.2) is 24.3 Å². The standard InChI is InChI=1S/C32H58Si5/c1-23-19-27(31(5,6)7)20-24(2)29(23)37(30-25(3)21-28(22-26(30)4)32(8,9)10)35(15,16)33(11,12)34(13,14)36(37,17)18/h19-22H,1-18H3. The van der Waals surface area contributed by atoms with Gasteiger partial charge in [0.2, 0.25) is 0 Å². The number of hydrogen-bond donors (Lipinski definition) is 0. The largest absolute Gasteiger partial charge is 0.0999 e. The van der Waals surface area contributed by atoms with Crippen LogP contribution in [0.4, 0.5) is 0 Å². The van der Waals surface area contributed by atoms with Gasteiger partial charge in [0.25, 0.3) is 0 Å². The molecule has 0 radical (unpaired) electrons. The summed E-state index contributed by atoms with van der Waals surface area (Å²) >= 11 is 0. The van der Waals surface area contributed by atoms with E-state index in [1.54, 1.807) is 22.3 Å². The molecule has 3 rings (SSSR count). The summed E-state index contributed by atoms with van der Waals surface area (Å²) in [6.45, 7) is 47.4. The van der Waals surface area contributed by atoms with Crippen LogP contribution >= 0.6 is 0 Å². The van der Waals surface area contributed by atoms with E-state index >= 15 is 0 Å². The normalized spacial score (nSPS) is 21.8. The Morgan fingerprint density at radius 1 is 0.405 bits per heavy atom. The third-order valence-corrected chi connectivity index (χ3v) is 134. The van der Waals surface area contributed by atoms with E-state index in [9.17, 15) is 0 Å². The van der Waals surface area contributed by atoms with E-state index in [1.165, 1.54) is 11.1 Å². The zero-order valence-corrected chi connectivity index (χ0v) is 32.8. The van der Waals surface area contributed by atoms with E-state index in [0.29, 0.717) is 0 Å². The Morgan fingerprint density at radius 3 is 0.811 bits per heavy atom. The van der Waals surface area contributed by atoms with Crippen molar-refractivity contribution in [2.45, 2.75) is 132 Å². The first-order chi connectivity index (χ1) is 16.3. The molecule has 0 unspecified atom stereocenters. The van der Waals surface area contributed by atoms with Crippen molar-refractivity contribution in [3.63, 3.8) is 0 Å². The number of benzene rings is 2. The Morgan fingerprint density at radius 2 is 0.622 bits per heavy atom. The minimum atomic E-state index is -2.05. The van der Waals surface area contributed by atoms with Gasteiger partial charge in [0.05, 0.1) is 7.11 Å². The smallest absolute Gasteiger partial charge is 0.0735 e. The highest BCUT2D eigenvalue weighted by Gasteiger charge is 2.80. The molecule has 2 aromatic carbocycles. The van der Waals surface area contributed by atoms with Gasteiger partial charge < -0.3 is 0 Å². The van der Waals surface area contributed by atoms with Gasteiger partial charge in [-0.2, -0.15) is 0 Å². The lowest BCUT2D eigenvalue weighted by atomic mass is 9.85. The first-order valence-electron chi connectivity index (χ1n) is 14.6. The highest BCUT2D eigenvalue weighted by Crippen LogP contribution is 2.52. The van der Waals surface area contributed by atoms with E-state index in [4.69, 9.17) is 0 Å². The quantitative estimate of drug-likeness (QED) is 0.312. The van der Waals surface area contributed by atoms with Crippen LogP contribution in [0.2, 0.25) is 52.4 Å². The molecule has 5 heteroatoms. The van der Waals surface area contributed by atoms with E-state index in [0.717, 1.165) is 0 Å². The Kier molecular flexibility index (Phi) is 7.35. The van der Waals surface area contributed by atoms with Crippen molar-refractivity contribution in [1.29, 1.82) is 0 Å². The van der Waals surface area contributed by atoms with Crippen molar-refractivity contribution in [3.8, 4) is 0 Å². The topological polar surface area (TPSA) is 0 Å². The molecule has 0 aliphatic carbocycles. The van der Waals surface area contributed by atoms with Gasteiger partial charge in [0.15, 0.2) is 0 Å². The summed E-state index contributed by atoms with van der Waals surface area (Å²) in [5.41, 5.74) is 9.86. The van der Waals surface area contributed by atoms with Crippen LogP contribution in [0.5, 0.6) is 0 Å². The molecule has 0 atom stereocenters. The molecule has 0 bridgehead atoms. The lowest BCUT2D eigenvalue weighted by Crippen LogP contribution is -2.86. The van der Waals surface area contributed by atoms with Crippen LogP contribution in [0.1, 0.15) is 74.9 Å². The fourth-order valence-electron chi connectivity index (χ4n) is 8.63. The van der Waals surface area contributed by atoms with Crippen molar-refractivity contribution < 1.29 is 0 Å². The molecule has 1 saturated heterocycles. The Balaban J connectivity index is 2.68. The van der Waals surface area contributed by atoms with Crippen LogP contribution in [0, 0.1) is 27.7 Å². The molecule has 0 spiro atoms. The third kappa shape index (κ3) is 3.95. The molecule has 1 heterocycles. The van der Waals surface area contributed by atoms with E-state index in [2.05, 4.69) is 146 Å². The fourth-order valence-corrected chi connectivity index (χ4v) is 211. The summed E-state index contributed by atoms with van der Waals surface area (Å²) < 4.78 is 0. The molecule has 0 nitrogen and oxygen atoms in total. The van der Waals surface area contributed by atoms with Crippen molar-refractivity contribution in [1.82, 2.24) is 0 Å². The first-order valence-corrected chi connectivity index (χ1v) is 33.6. The third-order valence-electron chi connectivity index (χ3n) is 12.1. The zero-order chi connectivity index (χ0) is 28.9. The summed E-state index contributed by atoms with van der Waals surface area (Å²) in [6.07, 6.45) is 0. The Hall–Kier alpha value is -0.476. The van der Waals surface area contributed by atoms with Gasteiger partial charge in [0, 0.05) is 28.4 Å². The predicted molar refractivity (Wildman–Crippen MR) is 184 cm³/mol. The maximum Gasteiger partial charge on any atom is 0.0999 e. The maximum absolute atomic E-state index is 2.91. The van der Waals surface area contributed by atoms with Gasteiger partial charge in [-0.1, -0.05) is 151 Å². The van der Waals surface area contributed by atoms with Crippen molar-refractivity contribution in [2.75, 3.05) is 0 Å². The van der Waals surface area contributed by atoms with Gasteiger partial charge in [-0.25, -0.2) is 0 Å². The molecule has 0 N–H and O–H groups in total. The summed E-state index contributed by atoms with van der Waals surface area (Å²) in [5.74, 6) is 0. The molecule has 1 aliphatic rings. The maximum atomic E-state index is 2.91. The van der Waals surface area contributed by atoms with Crippen molar-refractivity contribution >= 4 is 45.9 Å². The fraction of sp³-hybridized carbons (Fsp3) is 0.625. The van der Waals surface area contributed by atoms with E-state index < -0.39 is 35.5 Å². The SMILES string of the molecule is Cc1cc(C(C)(C)C)cc(C)c1[Si]1(c2c(C)cc(C(C)(C)C)cc2C)[Si](C)(C)[Si](C)(C)[Si](C)(C)[Si]1(C)C. The zero-order valence-electron chi connectivity index (χ0n) is 27.8. The van der Waals surface area contributed by atoms with Gasteiger partial charge >= 0.3 is 0 Å². The lowest BCUT2D eigenvalue weighted by molar-refractivity contribution is 0.589. The Bertz CT molecular complexity index is 1090. The van der Waals surface area contributed by atoms with Crippen LogP contribution in [0.25, 0.3) is 0 Å². The average molecular weight is 583 g/mol. The van der Waals surface area contributed by atoms with Gasteiger partial charge in [0.1, 0.15) is 0 Å². The van der Waals surface area contributed by atoms with Crippen LogP contribution < -0.4 is 10.4 Å². The highest BCUT2D eigenvalue weighted by molar-refractivity contribution is 8.16. The molecule has 2 aromatic rings. The van der Waals surface area contributed by atoms with Crippen molar-refractivity contribution in [3.05, 3.63) is 57.6 Å². The molecule has 0 saturated carbocycles. The molecule has 0 amide bonds. The van der Waals surface area contributed by atoms with Gasteiger partial charge in [-0.3, -0.25) is 0 Å². The van der Waals surface area contributed by atoms with Crippen LogP contribution in [-0.4, -0.2) is 35.5 Å². The predicted octanol–water partition coefficient (Wildman–Crippen LogP) is 8.32. The van der Waals surface area contributed by atoms with Gasteiger partial charge in [-0.15, -0.1) is 0 Å². The summed E-state index contributed by atoms with van der Waals surface area (Å²) in [7, 11) is -8.20. The molecular formula is C32H58Si5. The number of hydrogen-bond acceptors (Lipinski definition) is 0. The second-order valence-corrected chi connectivity index (χ2v) is 74.2. The summed E-state index contributed by atoms with van der Waals surface area (Å²) in [4.78, 5) is 0. The number of aryl methyl sites for hydroxylation is 4. The molecule has 1 aliphatic heterocycles. The highest BCUT2D eigenvalue weighted by atomic mass is 30.2. The second-order valence-electron chi connectivity index (χ2n) is 16.7. The van der Waals surface area contributed by atoms with Crippen LogP contribution in [-0.2, 0) is 10.8 Å². The van der Waals surface area contributed by atoms with Crippen molar-refractivity contribution in [2.24, 2.45) is 0 Å². The van der Waals surface area contributed by atoms with Gasteiger partial charge in [-0.05, 0) is 49.7 Å². The number of rotatable bonds is 2. The second kappa shape index (κ2) is 8.76. The van der Waals surface area contributed by atoms with E-state index in [1.807, 2.05) is 10.4 Å². The van der Waals surface area contributed by atoms with E-state index in [-0.39, 0.29) is 10.8 Å². The minimum Gasteiger partial charge on any atom is -0.0735 e. The summed E-state index contributed by atoms with van der Waals surface area (Å²) in [6, 6.07) is 10.5. The average Bonchev–Trinajstić information content (AvgIpc) is 2.74. The molecule has 1 fully saturated rings. The monoisotopic (exact) mass is 582 g/mol. The molecular weight excluding hydrogens is 525 g/mol. The van der Waals surface area contributed by atoms with Crippen LogP contribution in [0.3, 0.4) is 0 Å².